The summed E-state index contributed by atoms with van der Waals surface area (Å²) in [6.07, 6.45) is 3.38. The van der Waals surface area contributed by atoms with Crippen LogP contribution >= 0.6 is 0 Å². The van der Waals surface area contributed by atoms with Crippen molar-refractivity contribution in [3.63, 3.8) is 0 Å². The molecule has 0 bridgehead atoms. The molecule has 0 aromatic rings. The summed E-state index contributed by atoms with van der Waals surface area (Å²) in [4.78, 5) is 4.57. The fourth-order valence-electron chi connectivity index (χ4n) is 3.07. The third kappa shape index (κ3) is 4.42. The van der Waals surface area contributed by atoms with Crippen molar-refractivity contribution in [3.8, 4) is 6.07 Å². The molecule has 2 saturated heterocycles. The van der Waals surface area contributed by atoms with Gasteiger partial charge in [-0.3, -0.25) is 4.90 Å². The Labute approximate surface area is 122 Å². The highest BCUT2D eigenvalue weighted by atomic mass is 32.2. The lowest BCUT2D eigenvalue weighted by Gasteiger charge is -2.38. The summed E-state index contributed by atoms with van der Waals surface area (Å²) in [5.41, 5.74) is 0. The molecule has 2 aliphatic heterocycles. The lowest BCUT2D eigenvalue weighted by molar-refractivity contribution is 0.112. The summed E-state index contributed by atoms with van der Waals surface area (Å²) >= 11 is 0. The van der Waals surface area contributed by atoms with E-state index in [4.69, 9.17) is 5.26 Å². The first-order chi connectivity index (χ1) is 9.49. The van der Waals surface area contributed by atoms with Crippen LogP contribution in [0.4, 0.5) is 0 Å². The van der Waals surface area contributed by atoms with Gasteiger partial charge in [-0.05, 0) is 18.8 Å². The Morgan fingerprint density at radius 3 is 2.40 bits per heavy atom. The Hall–Kier alpha value is -0.680. The average molecular weight is 300 g/mol. The van der Waals surface area contributed by atoms with Crippen LogP contribution in [0.3, 0.4) is 0 Å². The third-order valence-electron chi connectivity index (χ3n) is 4.23. The molecule has 0 aromatic heterocycles. The van der Waals surface area contributed by atoms with Crippen molar-refractivity contribution in [1.29, 1.82) is 5.26 Å². The van der Waals surface area contributed by atoms with E-state index in [0.717, 1.165) is 45.6 Å². The molecule has 0 amide bonds. The van der Waals surface area contributed by atoms with Gasteiger partial charge in [0.25, 0.3) is 0 Å². The number of nitrogens with zero attached hydrogens (tertiary/aromatic N) is 4. The molecule has 0 saturated carbocycles. The molecule has 0 radical (unpaired) electrons. The summed E-state index contributed by atoms with van der Waals surface area (Å²) in [5, 5.41) is 8.68. The van der Waals surface area contributed by atoms with Crippen LogP contribution in [0.5, 0.6) is 0 Å². The van der Waals surface area contributed by atoms with Gasteiger partial charge < -0.3 is 4.90 Å². The summed E-state index contributed by atoms with van der Waals surface area (Å²) in [7, 11) is -3.05. The Morgan fingerprint density at radius 2 is 1.80 bits per heavy atom. The van der Waals surface area contributed by atoms with Crippen molar-refractivity contribution in [2.75, 3.05) is 58.6 Å². The molecule has 1 unspecified atom stereocenters. The molecule has 0 N–H and O–H groups in total. The smallest absolute Gasteiger partial charge is 0.211 e. The number of hydrogen-bond donors (Lipinski definition) is 0. The quantitative estimate of drug-likeness (QED) is 0.673. The maximum atomic E-state index is 11.6. The second kappa shape index (κ2) is 6.85. The van der Waals surface area contributed by atoms with Gasteiger partial charge in [-0.25, -0.2) is 12.7 Å². The molecule has 1 atom stereocenters. The Morgan fingerprint density at radius 1 is 1.15 bits per heavy atom. The van der Waals surface area contributed by atoms with Crippen molar-refractivity contribution in [2.24, 2.45) is 5.92 Å². The van der Waals surface area contributed by atoms with Crippen LogP contribution in [0.25, 0.3) is 0 Å². The molecule has 0 aliphatic carbocycles. The van der Waals surface area contributed by atoms with Crippen LogP contribution in [0.1, 0.15) is 12.8 Å². The predicted molar refractivity (Wildman–Crippen MR) is 77.6 cm³/mol. The molecule has 2 heterocycles. The van der Waals surface area contributed by atoms with Gasteiger partial charge in [0.1, 0.15) is 0 Å². The van der Waals surface area contributed by atoms with Crippen LogP contribution in [0, 0.1) is 17.2 Å². The van der Waals surface area contributed by atoms with Crippen molar-refractivity contribution in [1.82, 2.24) is 14.1 Å². The zero-order valence-electron chi connectivity index (χ0n) is 12.2. The maximum absolute atomic E-state index is 11.6. The monoisotopic (exact) mass is 300 g/mol. The molecular weight excluding hydrogens is 276 g/mol. The van der Waals surface area contributed by atoms with E-state index in [9.17, 15) is 8.42 Å². The third-order valence-corrected chi connectivity index (χ3v) is 5.50. The number of hydrogen-bond acceptors (Lipinski definition) is 5. The zero-order valence-corrected chi connectivity index (χ0v) is 13.0. The molecular formula is C13H24N4O2S. The molecule has 6 nitrogen and oxygen atoms in total. The highest BCUT2D eigenvalue weighted by Gasteiger charge is 2.28. The van der Waals surface area contributed by atoms with Gasteiger partial charge in [0.15, 0.2) is 0 Å². The van der Waals surface area contributed by atoms with E-state index in [1.54, 1.807) is 4.31 Å². The molecule has 20 heavy (non-hydrogen) atoms. The van der Waals surface area contributed by atoms with E-state index in [-0.39, 0.29) is 0 Å². The standard InChI is InChI=1S/C13H24N4O2S/c1-20(18,19)17-5-2-3-13(12-17)11-16-9-7-15(6-4-14)8-10-16/h13H,2-3,5-12H2,1H3. The van der Waals surface area contributed by atoms with E-state index in [0.29, 0.717) is 25.6 Å². The van der Waals surface area contributed by atoms with E-state index < -0.39 is 10.0 Å². The second-order valence-electron chi connectivity index (χ2n) is 5.86. The van der Waals surface area contributed by atoms with Crippen molar-refractivity contribution in [3.05, 3.63) is 0 Å². The topological polar surface area (TPSA) is 67.7 Å². The van der Waals surface area contributed by atoms with Crippen LogP contribution in [-0.2, 0) is 10.0 Å². The van der Waals surface area contributed by atoms with Crippen LogP contribution in [0.2, 0.25) is 0 Å². The molecule has 2 aliphatic rings. The van der Waals surface area contributed by atoms with Gasteiger partial charge >= 0.3 is 0 Å². The van der Waals surface area contributed by atoms with Crippen molar-refractivity contribution in [2.45, 2.75) is 12.8 Å². The van der Waals surface area contributed by atoms with E-state index in [2.05, 4.69) is 15.9 Å². The largest absolute Gasteiger partial charge is 0.300 e. The minimum absolute atomic E-state index is 0.445. The predicted octanol–water partition coefficient (Wildman–Crippen LogP) is -0.201. The Balaban J connectivity index is 1.78. The Bertz CT molecular complexity index is 451. The number of rotatable bonds is 4. The van der Waals surface area contributed by atoms with Gasteiger partial charge in [-0.15, -0.1) is 0 Å². The fraction of sp³-hybridized carbons (Fsp3) is 0.923. The van der Waals surface area contributed by atoms with E-state index in [1.165, 1.54) is 6.26 Å². The van der Waals surface area contributed by atoms with Gasteiger partial charge in [0.2, 0.25) is 10.0 Å². The fourth-order valence-corrected chi connectivity index (χ4v) is 4.01. The van der Waals surface area contributed by atoms with E-state index >= 15 is 0 Å². The molecule has 0 spiro atoms. The van der Waals surface area contributed by atoms with Crippen LogP contribution in [0.15, 0.2) is 0 Å². The summed E-state index contributed by atoms with van der Waals surface area (Å²) < 4.78 is 24.8. The number of piperidine rings is 1. The summed E-state index contributed by atoms with van der Waals surface area (Å²) in [6, 6.07) is 2.19. The summed E-state index contributed by atoms with van der Waals surface area (Å²) in [5.74, 6) is 0.445. The molecule has 2 rings (SSSR count). The number of nitriles is 1. The Kier molecular flexibility index (Phi) is 5.38. The number of piperazine rings is 1. The lowest BCUT2D eigenvalue weighted by atomic mass is 9.99. The van der Waals surface area contributed by atoms with Crippen LogP contribution < -0.4 is 0 Å². The van der Waals surface area contributed by atoms with E-state index in [1.807, 2.05) is 0 Å². The zero-order chi connectivity index (χ0) is 14.6. The first kappa shape index (κ1) is 15.7. The van der Waals surface area contributed by atoms with Gasteiger partial charge in [0, 0.05) is 45.8 Å². The molecule has 2 fully saturated rings. The van der Waals surface area contributed by atoms with Gasteiger partial charge in [-0.1, -0.05) is 0 Å². The molecule has 7 heteroatoms. The average Bonchev–Trinajstić information content (AvgIpc) is 2.41. The highest BCUT2D eigenvalue weighted by Crippen LogP contribution is 2.20. The SMILES string of the molecule is CS(=O)(=O)N1CCCC(CN2CCN(CC#N)CC2)C1. The minimum Gasteiger partial charge on any atom is -0.300 e. The van der Waals surface area contributed by atoms with Crippen molar-refractivity contribution < 1.29 is 8.42 Å². The molecule has 0 aromatic carbocycles. The number of sulfonamides is 1. The first-order valence-corrected chi connectivity index (χ1v) is 9.10. The normalized spacial score (nSPS) is 27.3. The second-order valence-corrected chi connectivity index (χ2v) is 7.85. The highest BCUT2D eigenvalue weighted by molar-refractivity contribution is 7.88. The maximum Gasteiger partial charge on any atom is 0.211 e. The first-order valence-electron chi connectivity index (χ1n) is 7.26. The van der Waals surface area contributed by atoms with Crippen molar-refractivity contribution >= 4 is 10.0 Å². The molecule has 114 valence electrons. The minimum atomic E-state index is -3.05. The van der Waals surface area contributed by atoms with Crippen LogP contribution in [-0.4, -0.2) is 81.1 Å². The van der Waals surface area contributed by atoms with Gasteiger partial charge in [0.05, 0.1) is 18.9 Å². The summed E-state index contributed by atoms with van der Waals surface area (Å²) in [6.45, 7) is 6.67. The lowest BCUT2D eigenvalue weighted by Crippen LogP contribution is -2.50. The van der Waals surface area contributed by atoms with Gasteiger partial charge in [-0.2, -0.15) is 5.26 Å².